The zero-order valence-corrected chi connectivity index (χ0v) is 11.9. The van der Waals surface area contributed by atoms with Crippen LogP contribution in [-0.4, -0.2) is 10.9 Å². The van der Waals surface area contributed by atoms with Crippen LogP contribution in [-0.2, 0) is 11.2 Å². The van der Waals surface area contributed by atoms with Gasteiger partial charge in [-0.05, 0) is 41.6 Å². The summed E-state index contributed by atoms with van der Waals surface area (Å²) in [5, 5.41) is 4.88. The van der Waals surface area contributed by atoms with Crippen LogP contribution in [0.5, 0.6) is 0 Å². The minimum absolute atomic E-state index is 0.128. The van der Waals surface area contributed by atoms with E-state index in [1.165, 1.54) is 6.07 Å². The first-order chi connectivity index (χ1) is 10.7. The number of benzene rings is 2. The molecular weight excluding hydrogens is 279 g/mol. The van der Waals surface area contributed by atoms with E-state index in [1.54, 1.807) is 30.6 Å². The van der Waals surface area contributed by atoms with Gasteiger partial charge in [-0.15, -0.1) is 0 Å². The molecule has 0 aliphatic heterocycles. The second kappa shape index (κ2) is 6.35. The van der Waals surface area contributed by atoms with Crippen LogP contribution in [0.15, 0.2) is 60.9 Å². The van der Waals surface area contributed by atoms with Crippen molar-refractivity contribution in [3.8, 4) is 0 Å². The Bertz CT molecular complexity index is 817. The molecule has 1 aromatic heterocycles. The quantitative estimate of drug-likeness (QED) is 0.791. The average Bonchev–Trinajstić information content (AvgIpc) is 2.54. The molecule has 0 unspecified atom stereocenters. The lowest BCUT2D eigenvalue weighted by atomic mass is 10.1. The highest BCUT2D eigenvalue weighted by Crippen LogP contribution is 2.18. The molecule has 2 aromatic carbocycles. The second-order valence-corrected chi connectivity index (χ2v) is 5.08. The maximum Gasteiger partial charge on any atom is 0.224 e. The van der Waals surface area contributed by atoms with Crippen LogP contribution < -0.4 is 5.32 Å². The van der Waals surface area contributed by atoms with Gasteiger partial charge in [0.25, 0.3) is 0 Å². The molecule has 0 saturated carbocycles. The molecule has 0 radical (unpaired) electrons. The summed E-state index contributed by atoms with van der Waals surface area (Å²) in [4.78, 5) is 16.0. The van der Waals surface area contributed by atoms with Crippen LogP contribution >= 0.6 is 0 Å². The number of rotatable bonds is 4. The first-order valence-corrected chi connectivity index (χ1v) is 7.09. The molecular formula is C18H15FN2O. The Morgan fingerprint density at radius 2 is 1.95 bits per heavy atom. The fourth-order valence-electron chi connectivity index (χ4n) is 2.33. The minimum Gasteiger partial charge on any atom is -0.326 e. The standard InChI is InChI=1S/C18H15FN2O/c19-17-4-2-1-3-13(17)6-8-18(22)21-16-7-5-15-12-20-10-9-14(15)11-16/h1-5,7,9-12H,6,8H2,(H,21,22). The fraction of sp³-hybridized carbons (Fsp3) is 0.111. The van der Waals surface area contributed by atoms with Crippen LogP contribution in [0.4, 0.5) is 10.1 Å². The molecule has 0 aliphatic rings. The van der Waals surface area contributed by atoms with Crippen molar-refractivity contribution in [1.29, 1.82) is 0 Å². The predicted octanol–water partition coefficient (Wildman–Crippen LogP) is 3.95. The number of amides is 1. The first-order valence-electron chi connectivity index (χ1n) is 7.09. The van der Waals surface area contributed by atoms with E-state index in [-0.39, 0.29) is 18.1 Å². The lowest BCUT2D eigenvalue weighted by molar-refractivity contribution is -0.116. The Kier molecular flexibility index (Phi) is 4.10. The largest absolute Gasteiger partial charge is 0.326 e. The Balaban J connectivity index is 1.64. The lowest BCUT2D eigenvalue weighted by Gasteiger charge is -2.07. The van der Waals surface area contributed by atoms with Crippen molar-refractivity contribution in [2.45, 2.75) is 12.8 Å². The number of nitrogens with zero attached hydrogens (tertiary/aromatic N) is 1. The maximum absolute atomic E-state index is 13.5. The lowest BCUT2D eigenvalue weighted by Crippen LogP contribution is -2.12. The van der Waals surface area contributed by atoms with E-state index in [0.717, 1.165) is 16.5 Å². The Labute approximate surface area is 127 Å². The van der Waals surface area contributed by atoms with Gasteiger partial charge in [0.2, 0.25) is 5.91 Å². The van der Waals surface area contributed by atoms with Gasteiger partial charge in [0.15, 0.2) is 0 Å². The molecule has 0 fully saturated rings. The number of aromatic nitrogens is 1. The molecule has 110 valence electrons. The number of pyridine rings is 1. The van der Waals surface area contributed by atoms with Gasteiger partial charge in [-0.1, -0.05) is 24.3 Å². The van der Waals surface area contributed by atoms with Crippen LogP contribution in [0, 0.1) is 5.82 Å². The molecule has 3 aromatic rings. The summed E-state index contributed by atoms with van der Waals surface area (Å²) in [5.74, 6) is -0.398. The van der Waals surface area contributed by atoms with Gasteiger partial charge in [-0.25, -0.2) is 4.39 Å². The molecule has 1 N–H and O–H groups in total. The molecule has 3 nitrogen and oxygen atoms in total. The van der Waals surface area contributed by atoms with Crippen molar-refractivity contribution in [1.82, 2.24) is 4.98 Å². The molecule has 1 amide bonds. The third kappa shape index (κ3) is 3.28. The molecule has 1 heterocycles. The van der Waals surface area contributed by atoms with E-state index in [1.807, 2.05) is 24.3 Å². The number of hydrogen-bond donors (Lipinski definition) is 1. The number of halogens is 1. The maximum atomic E-state index is 13.5. The summed E-state index contributed by atoms with van der Waals surface area (Å²) < 4.78 is 13.5. The van der Waals surface area contributed by atoms with Crippen molar-refractivity contribution < 1.29 is 9.18 Å². The van der Waals surface area contributed by atoms with E-state index in [0.29, 0.717) is 12.0 Å². The monoisotopic (exact) mass is 294 g/mol. The number of aryl methyl sites for hydroxylation is 1. The predicted molar refractivity (Wildman–Crippen MR) is 85.1 cm³/mol. The smallest absolute Gasteiger partial charge is 0.224 e. The fourth-order valence-corrected chi connectivity index (χ4v) is 2.33. The van der Waals surface area contributed by atoms with Crippen LogP contribution in [0.3, 0.4) is 0 Å². The van der Waals surface area contributed by atoms with E-state index < -0.39 is 0 Å². The molecule has 0 atom stereocenters. The third-order valence-electron chi connectivity index (χ3n) is 3.50. The summed E-state index contributed by atoms with van der Waals surface area (Å²) in [6.45, 7) is 0. The van der Waals surface area contributed by atoms with Crippen LogP contribution in [0.1, 0.15) is 12.0 Å². The van der Waals surface area contributed by atoms with Crippen molar-refractivity contribution in [3.05, 3.63) is 72.3 Å². The molecule has 4 heteroatoms. The number of fused-ring (bicyclic) bond motifs is 1. The highest BCUT2D eigenvalue weighted by molar-refractivity contribution is 5.94. The molecule has 0 aliphatic carbocycles. The van der Waals surface area contributed by atoms with E-state index in [9.17, 15) is 9.18 Å². The first kappa shape index (κ1) is 14.2. The minimum atomic E-state index is -0.270. The van der Waals surface area contributed by atoms with Crippen molar-refractivity contribution >= 4 is 22.4 Å². The zero-order valence-electron chi connectivity index (χ0n) is 11.9. The van der Waals surface area contributed by atoms with Gasteiger partial charge in [-0.2, -0.15) is 0 Å². The van der Waals surface area contributed by atoms with Crippen LogP contribution in [0.2, 0.25) is 0 Å². The summed E-state index contributed by atoms with van der Waals surface area (Å²) >= 11 is 0. The Morgan fingerprint density at radius 1 is 1.09 bits per heavy atom. The second-order valence-electron chi connectivity index (χ2n) is 5.08. The topological polar surface area (TPSA) is 42.0 Å². The number of hydrogen-bond acceptors (Lipinski definition) is 2. The number of anilines is 1. The van der Waals surface area contributed by atoms with E-state index in [4.69, 9.17) is 0 Å². The summed E-state index contributed by atoms with van der Waals surface area (Å²) in [6, 6.07) is 14.1. The third-order valence-corrected chi connectivity index (χ3v) is 3.50. The van der Waals surface area contributed by atoms with Crippen LogP contribution in [0.25, 0.3) is 10.8 Å². The SMILES string of the molecule is O=C(CCc1ccccc1F)Nc1ccc2cnccc2c1. The average molecular weight is 294 g/mol. The molecule has 0 spiro atoms. The van der Waals surface area contributed by atoms with E-state index in [2.05, 4.69) is 10.3 Å². The van der Waals surface area contributed by atoms with Crippen molar-refractivity contribution in [2.75, 3.05) is 5.32 Å². The van der Waals surface area contributed by atoms with Gasteiger partial charge in [-0.3, -0.25) is 9.78 Å². The number of carbonyl (C=O) groups excluding carboxylic acids is 1. The number of nitrogens with one attached hydrogen (secondary N) is 1. The molecule has 3 rings (SSSR count). The van der Waals surface area contributed by atoms with Gasteiger partial charge < -0.3 is 5.32 Å². The Morgan fingerprint density at radius 3 is 2.82 bits per heavy atom. The van der Waals surface area contributed by atoms with Gasteiger partial charge in [0.1, 0.15) is 5.82 Å². The molecule has 0 saturated heterocycles. The normalized spacial score (nSPS) is 10.6. The highest BCUT2D eigenvalue weighted by atomic mass is 19.1. The molecule has 22 heavy (non-hydrogen) atoms. The summed E-state index contributed by atoms with van der Waals surface area (Å²) in [6.07, 6.45) is 4.12. The summed E-state index contributed by atoms with van der Waals surface area (Å²) in [7, 11) is 0. The Hall–Kier alpha value is -2.75. The van der Waals surface area contributed by atoms with Gasteiger partial charge in [0.05, 0.1) is 0 Å². The summed E-state index contributed by atoms with van der Waals surface area (Å²) in [5.41, 5.74) is 1.29. The zero-order chi connectivity index (χ0) is 15.4. The number of carbonyl (C=O) groups is 1. The van der Waals surface area contributed by atoms with Gasteiger partial charge in [0, 0.05) is 29.9 Å². The van der Waals surface area contributed by atoms with E-state index >= 15 is 0 Å². The van der Waals surface area contributed by atoms with Gasteiger partial charge >= 0.3 is 0 Å². The highest BCUT2D eigenvalue weighted by Gasteiger charge is 2.06. The van der Waals surface area contributed by atoms with Crippen molar-refractivity contribution in [3.63, 3.8) is 0 Å². The molecule has 0 bridgehead atoms. The van der Waals surface area contributed by atoms with Crippen molar-refractivity contribution in [2.24, 2.45) is 0 Å².